The minimum absolute atomic E-state index is 0. The predicted octanol–water partition coefficient (Wildman–Crippen LogP) is 29.0. The molecule has 0 amide bonds. The molecule has 13 nitrogen and oxygen atoms in total. The third kappa shape index (κ3) is 60.0. The monoisotopic (exact) mass is 3310 g/mol. The van der Waals surface area contributed by atoms with E-state index in [0.717, 1.165) is 56.8 Å². The Hall–Kier alpha value is 5.74. The summed E-state index contributed by atoms with van der Waals surface area (Å²) in [6, 6.07) is 48.7. The van der Waals surface area contributed by atoms with Crippen LogP contribution in [-0.2, 0) is 121 Å². The zero-order valence-corrected chi connectivity index (χ0v) is 104. The van der Waals surface area contributed by atoms with Crippen molar-refractivity contribution in [1.29, 1.82) is 1.34 Å². The third-order valence-electron chi connectivity index (χ3n) is 12.3. The first-order valence-corrected chi connectivity index (χ1v) is 87.1. The van der Waals surface area contributed by atoms with Gasteiger partial charge in [0, 0.05) is 98.3 Å². The molecule has 586 valence electrons. The van der Waals surface area contributed by atoms with Crippen molar-refractivity contribution in [2.24, 2.45) is 0 Å². The van der Waals surface area contributed by atoms with Crippen molar-refractivity contribution in [2.75, 3.05) is 23.3 Å². The van der Waals surface area contributed by atoms with E-state index in [-0.39, 0.29) is 105 Å². The molecule has 9 aromatic rings. The number of rotatable bonds is 13. The van der Waals surface area contributed by atoms with Crippen molar-refractivity contribution in [2.45, 2.75) is 146 Å². The fraction of sp³-hybridized carbons (Fsp3) is 0.348. The van der Waals surface area contributed by atoms with Gasteiger partial charge in [-0.25, -0.2) is 17.1 Å². The molecule has 10 rings (SSSR count). The Morgan fingerprint density at radius 3 is 1.12 bits per heavy atom. The molecule has 0 aliphatic carbocycles. The Labute approximate surface area is 825 Å². The molecule has 1 aliphatic heterocycles. The first kappa shape index (κ1) is 119. The second-order valence-corrected chi connectivity index (χ2v) is 132. The molecule has 1 aliphatic rings. The van der Waals surface area contributed by atoms with Gasteiger partial charge in [-0.2, -0.15) is 0 Å². The minimum atomic E-state index is -1.65. The van der Waals surface area contributed by atoms with E-state index in [1.807, 2.05) is 172 Å². The SMILES string of the molecule is CC.CC.CC.C[Si](C)(C)OCN(c1ccccc1)c1ccc2ncc(Cl)nc2c1.Clc1cnc2ccc(Cc3ccccc3)cc2n1.[2H]B1OC(C)(C)C(C)(C)O1.[2H]c1cnc2ccc(N(CO[Si](C)(C)C)c3ccccc3)cc2n1.[CH2-]O[Si](C)(C)C.[CH3-].[CH3-].[I][V]([I])[I].[I][V]([I])[I].[I][V][I].[I][V][I].[W].[W].[W]. The van der Waals surface area contributed by atoms with Crippen LogP contribution in [0.3, 0.4) is 0 Å². The van der Waals surface area contributed by atoms with Crippen molar-refractivity contribution in [3.63, 3.8) is 0 Å². The Morgan fingerprint density at radius 1 is 0.486 bits per heavy atom. The predicted molar refractivity (Wildman–Crippen MR) is 528 cm³/mol. The van der Waals surface area contributed by atoms with Crippen LogP contribution in [0.4, 0.5) is 22.7 Å². The molecule has 105 heavy (non-hydrogen) atoms. The normalized spacial score (nSPS) is 11.8. The molecule has 0 radical (unpaired) electrons. The molecular weight excluding hydrogens is 3210 g/mol. The average molecular weight is 3310 g/mol. The quantitative estimate of drug-likeness (QED) is 0.0470. The molecule has 0 N–H and O–H groups in total. The summed E-state index contributed by atoms with van der Waals surface area (Å²) in [6.07, 6.45) is 5.66. The largest absolute Gasteiger partial charge is 0 e. The second-order valence-electron chi connectivity index (χ2n) is 23.1. The Kier molecular flexibility index (Phi) is 81.2. The zero-order valence-electron chi connectivity index (χ0n) is 65.2. The van der Waals surface area contributed by atoms with Crippen LogP contribution in [0.15, 0.2) is 170 Å². The number of halogens is 12. The van der Waals surface area contributed by atoms with Crippen molar-refractivity contribution in [3.8, 4) is 0 Å². The fourth-order valence-electron chi connectivity index (χ4n) is 7.07. The van der Waals surface area contributed by atoms with E-state index in [2.05, 4.69) is 348 Å². The summed E-state index contributed by atoms with van der Waals surface area (Å²) in [5.41, 5.74) is 10.7. The molecule has 0 unspecified atom stereocenters. The van der Waals surface area contributed by atoms with Crippen molar-refractivity contribution in [3.05, 3.63) is 214 Å². The maximum absolute atomic E-state index is 7.68. The number of hydrogen-bond donors (Lipinski definition) is 0. The minimum Gasteiger partial charge on any atom is 0 e. The van der Waals surface area contributed by atoms with Gasteiger partial charge in [0.25, 0.3) is 0 Å². The number of anilines is 4. The molecule has 3 aromatic heterocycles. The van der Waals surface area contributed by atoms with Gasteiger partial charge in [-0.1, -0.05) is 138 Å². The molecular formula is C69H100BCl2I10N8O5Si3V4W3-3. The van der Waals surface area contributed by atoms with E-state index >= 15 is 0 Å². The molecule has 1 fully saturated rings. The summed E-state index contributed by atoms with van der Waals surface area (Å²) < 4.78 is 42.4. The van der Waals surface area contributed by atoms with Crippen LogP contribution in [0.5, 0.6) is 0 Å². The summed E-state index contributed by atoms with van der Waals surface area (Å²) in [5.74, 6) is 0. The van der Waals surface area contributed by atoms with Gasteiger partial charge in [-0.05, 0) is 177 Å². The van der Waals surface area contributed by atoms with Crippen molar-refractivity contribution < 1.29 is 116 Å². The molecule has 1 saturated heterocycles. The number of fused-ring (bicyclic) bond motifs is 3. The second kappa shape index (κ2) is 71.5. The van der Waals surface area contributed by atoms with Gasteiger partial charge in [0.2, 0.25) is 0 Å². The van der Waals surface area contributed by atoms with E-state index in [1.165, 1.54) is 17.3 Å². The number of nitrogens with zero attached hydrogens (tertiary/aromatic N) is 8. The zero-order chi connectivity index (χ0) is 78.5. The Bertz CT molecular complexity index is 3530. The molecule has 0 bridgehead atoms. The topological polar surface area (TPSA) is 130 Å². The first-order chi connectivity index (χ1) is 47.9. The Balaban J connectivity index is -0.000000226. The summed E-state index contributed by atoms with van der Waals surface area (Å²) >= 11 is 36.1. The van der Waals surface area contributed by atoms with Crippen LogP contribution in [-0.4, -0.2) is 88.5 Å². The molecule has 6 aromatic carbocycles. The van der Waals surface area contributed by atoms with Crippen LogP contribution in [0.2, 0.25) is 69.2 Å². The standard InChI is InChI=1S/C18H20ClN3OSi.C18H21N3OSi.C15H11ClN2.C6H13BO2.C4H11OSi.3C2H6.2CH3.10HI.4V.3W/c1-24(2,3)23-13-22(14-7-5-4-6-8-14)15-9-10-16-17(11-15)21-18(19)12-20-16;1-23(2,3)22-14-21(15-7-5-4-6-8-15)16-9-10-17-18(13-16)20-12-11-19-17;16-15-10-17-13-7-6-12(9-14(13)18-15)8-11-4-2-1-3-5-11;1-5(2)6(3,4)9-7-8-5;1-5-6(2,3)4;3*1-2;;;;;;;;;;;;;;;;;;;/h4-12H,13H2,1-3H3;4-13H,14H2,1-3H3;1-7,9-10H,8H2;7H,1-4H3;1H2,2-4H3;3*1-2H3;2*1H3;10*1H;;;;;;;/q;;;;-1;;;;2*-1;;;;;;;;;;;2*+2;2*+3;;;/p-10/i;12D;;7D;;;;;;;;;;;;;;;;;;;;;;;. The Morgan fingerprint density at radius 2 is 0.800 bits per heavy atom. The molecule has 0 atom stereocenters. The summed E-state index contributed by atoms with van der Waals surface area (Å²) in [5, 5.41) is 0.823. The number of aromatic nitrogens is 6. The van der Waals surface area contributed by atoms with Gasteiger partial charge in [0.1, 0.15) is 32.1 Å². The van der Waals surface area contributed by atoms with Crippen LogP contribution in [0.25, 0.3) is 33.1 Å². The summed E-state index contributed by atoms with van der Waals surface area (Å²) in [7, 11) is -0.771. The molecule has 36 heteroatoms. The molecule has 0 saturated carbocycles. The summed E-state index contributed by atoms with van der Waals surface area (Å²) in [4.78, 5) is 29.4. The van der Waals surface area contributed by atoms with Gasteiger partial charge < -0.3 is 47.2 Å². The molecule has 4 heterocycles. The van der Waals surface area contributed by atoms with Crippen LogP contribution in [0.1, 0.15) is 81.7 Å². The van der Waals surface area contributed by atoms with Crippen LogP contribution < -0.4 is 9.80 Å². The van der Waals surface area contributed by atoms with E-state index in [0.29, 0.717) is 48.2 Å². The van der Waals surface area contributed by atoms with Crippen LogP contribution in [0, 0.1) is 22.0 Å². The maximum atomic E-state index is 7.68. The van der Waals surface area contributed by atoms with Gasteiger partial charge >= 0.3 is 236 Å². The summed E-state index contributed by atoms with van der Waals surface area (Å²) in [6.45, 7) is 40.1. The van der Waals surface area contributed by atoms with E-state index in [9.17, 15) is 0 Å². The fourth-order valence-corrected chi connectivity index (χ4v) is 8.39. The average Bonchev–Trinajstić information content (AvgIpc) is 1.70. The number of para-hydroxylation sites is 2. The van der Waals surface area contributed by atoms with E-state index in [1.54, 1.807) is 12.4 Å². The van der Waals surface area contributed by atoms with Gasteiger partial charge in [0.05, 0.1) is 59.4 Å². The first-order valence-electron chi connectivity index (χ1n) is 32.1. The van der Waals surface area contributed by atoms with Crippen LogP contribution >= 0.6 is 223 Å². The number of benzene rings is 6. The van der Waals surface area contributed by atoms with Gasteiger partial charge in [0.15, 0.2) is 16.6 Å². The van der Waals surface area contributed by atoms with Crippen molar-refractivity contribution >= 4 is 311 Å². The van der Waals surface area contributed by atoms with Gasteiger partial charge in [-0.15, -0.1) is 0 Å². The van der Waals surface area contributed by atoms with E-state index in [4.69, 9.17) is 48.5 Å². The van der Waals surface area contributed by atoms with Crippen molar-refractivity contribution in [1.82, 2.24) is 29.9 Å². The third-order valence-corrected chi connectivity index (χ3v) is 15.5. The molecule has 0 spiro atoms. The van der Waals surface area contributed by atoms with E-state index < -0.39 is 32.6 Å². The number of hydrogen-bond acceptors (Lipinski definition) is 13. The maximum Gasteiger partial charge on any atom is 0 e. The smallest absolute Gasteiger partial charge is 0 e. The van der Waals surface area contributed by atoms with Gasteiger partial charge in [-0.3, -0.25) is 19.9 Å².